The predicted octanol–water partition coefficient (Wildman–Crippen LogP) is 1.75. The number of hydrogen-bond donors (Lipinski definition) is 0. The standard InChI is InChI=1S/C13H19BrN2O3/c1-3-9-13(14)10(16(4-2)15-9)7-11(17)12-8-18-5-6-19-12/h12H,3-8H2,1-2H3. The summed E-state index contributed by atoms with van der Waals surface area (Å²) in [7, 11) is 0. The summed E-state index contributed by atoms with van der Waals surface area (Å²) in [5.41, 5.74) is 1.92. The van der Waals surface area contributed by atoms with Gasteiger partial charge in [0.15, 0.2) is 5.78 Å². The molecule has 0 aromatic carbocycles. The molecule has 1 aromatic rings. The van der Waals surface area contributed by atoms with Gasteiger partial charge in [-0.25, -0.2) is 0 Å². The molecule has 0 N–H and O–H groups in total. The third-order valence-electron chi connectivity index (χ3n) is 3.21. The van der Waals surface area contributed by atoms with Gasteiger partial charge in [0.05, 0.1) is 42.1 Å². The van der Waals surface area contributed by atoms with Crippen LogP contribution < -0.4 is 0 Å². The van der Waals surface area contributed by atoms with Crippen molar-refractivity contribution in [3.05, 3.63) is 15.9 Å². The Morgan fingerprint density at radius 1 is 1.47 bits per heavy atom. The number of ketones is 1. The molecule has 106 valence electrons. The Kier molecular flexibility index (Phi) is 5.13. The SMILES string of the molecule is CCc1nn(CC)c(CC(=O)C2COCCO2)c1Br. The van der Waals surface area contributed by atoms with E-state index in [0.717, 1.165) is 28.8 Å². The Bertz CT molecular complexity index is 453. The molecule has 1 aliphatic heterocycles. The summed E-state index contributed by atoms with van der Waals surface area (Å²) >= 11 is 3.55. The van der Waals surface area contributed by atoms with Crippen molar-refractivity contribution in [1.29, 1.82) is 0 Å². The Morgan fingerprint density at radius 3 is 2.84 bits per heavy atom. The highest BCUT2D eigenvalue weighted by molar-refractivity contribution is 9.10. The van der Waals surface area contributed by atoms with E-state index in [1.807, 2.05) is 11.6 Å². The topological polar surface area (TPSA) is 53.4 Å². The van der Waals surface area contributed by atoms with Crippen LogP contribution in [0.3, 0.4) is 0 Å². The van der Waals surface area contributed by atoms with Crippen LogP contribution >= 0.6 is 15.9 Å². The normalized spacial score (nSPS) is 19.6. The zero-order chi connectivity index (χ0) is 13.8. The minimum atomic E-state index is -0.439. The van der Waals surface area contributed by atoms with Crippen molar-refractivity contribution in [3.63, 3.8) is 0 Å². The van der Waals surface area contributed by atoms with Gasteiger partial charge in [0, 0.05) is 6.54 Å². The first-order valence-electron chi connectivity index (χ1n) is 6.63. The lowest BCUT2D eigenvalue weighted by atomic mass is 10.1. The lowest BCUT2D eigenvalue weighted by Gasteiger charge is -2.21. The van der Waals surface area contributed by atoms with Crippen LogP contribution in [0.15, 0.2) is 4.47 Å². The Hall–Kier alpha value is -0.720. The van der Waals surface area contributed by atoms with Crippen LogP contribution in [-0.2, 0) is 33.7 Å². The van der Waals surface area contributed by atoms with Crippen molar-refractivity contribution >= 4 is 21.7 Å². The molecule has 1 atom stereocenters. The summed E-state index contributed by atoms with van der Waals surface area (Å²) < 4.78 is 13.5. The first-order valence-corrected chi connectivity index (χ1v) is 7.42. The van der Waals surface area contributed by atoms with E-state index < -0.39 is 6.10 Å². The number of carbonyl (C=O) groups is 1. The quantitative estimate of drug-likeness (QED) is 0.825. The van der Waals surface area contributed by atoms with E-state index in [-0.39, 0.29) is 5.78 Å². The van der Waals surface area contributed by atoms with E-state index in [0.29, 0.717) is 26.2 Å². The predicted molar refractivity (Wildman–Crippen MR) is 74.2 cm³/mol. The highest BCUT2D eigenvalue weighted by Gasteiger charge is 2.25. The van der Waals surface area contributed by atoms with Gasteiger partial charge >= 0.3 is 0 Å². The van der Waals surface area contributed by atoms with Crippen LogP contribution in [0.25, 0.3) is 0 Å². The second-order valence-corrected chi connectivity index (χ2v) is 5.25. The highest BCUT2D eigenvalue weighted by atomic mass is 79.9. The number of aromatic nitrogens is 2. The number of Topliss-reactive ketones (excluding diaryl/α,β-unsaturated/α-hetero) is 1. The van der Waals surface area contributed by atoms with Crippen molar-refractivity contribution in [3.8, 4) is 0 Å². The van der Waals surface area contributed by atoms with Gasteiger partial charge in [-0.3, -0.25) is 9.48 Å². The molecule has 1 unspecified atom stereocenters. The lowest BCUT2D eigenvalue weighted by Crippen LogP contribution is -2.36. The maximum atomic E-state index is 12.2. The van der Waals surface area contributed by atoms with E-state index in [1.165, 1.54) is 0 Å². The molecule has 1 aromatic heterocycles. The Morgan fingerprint density at radius 2 is 2.26 bits per heavy atom. The summed E-state index contributed by atoms with van der Waals surface area (Å²) in [5.74, 6) is 0.0534. The minimum absolute atomic E-state index is 0.0534. The number of hydrogen-bond acceptors (Lipinski definition) is 4. The van der Waals surface area contributed by atoms with Crippen molar-refractivity contribution in [1.82, 2.24) is 9.78 Å². The monoisotopic (exact) mass is 330 g/mol. The Labute approximate surface area is 121 Å². The fourth-order valence-electron chi connectivity index (χ4n) is 2.14. The van der Waals surface area contributed by atoms with Crippen LogP contribution in [0.5, 0.6) is 0 Å². The summed E-state index contributed by atoms with van der Waals surface area (Å²) in [5, 5.41) is 4.49. The molecule has 0 aliphatic carbocycles. The largest absolute Gasteiger partial charge is 0.376 e. The zero-order valence-electron chi connectivity index (χ0n) is 11.3. The third kappa shape index (κ3) is 3.24. The molecule has 6 heteroatoms. The smallest absolute Gasteiger partial charge is 0.169 e. The van der Waals surface area contributed by atoms with Gasteiger partial charge in [-0.15, -0.1) is 0 Å². The highest BCUT2D eigenvalue weighted by Crippen LogP contribution is 2.23. The molecule has 5 nitrogen and oxygen atoms in total. The molecule has 2 rings (SSSR count). The average molecular weight is 331 g/mol. The van der Waals surface area contributed by atoms with E-state index >= 15 is 0 Å². The second-order valence-electron chi connectivity index (χ2n) is 4.45. The fourth-order valence-corrected chi connectivity index (χ4v) is 2.84. The molecular weight excluding hydrogens is 312 g/mol. The van der Waals surface area contributed by atoms with Gasteiger partial charge in [-0.2, -0.15) is 5.10 Å². The molecule has 0 spiro atoms. The molecule has 19 heavy (non-hydrogen) atoms. The van der Waals surface area contributed by atoms with Crippen LogP contribution in [0.1, 0.15) is 25.2 Å². The third-order valence-corrected chi connectivity index (χ3v) is 4.13. The number of carbonyl (C=O) groups excluding carboxylic acids is 1. The molecule has 0 radical (unpaired) electrons. The van der Waals surface area contributed by atoms with Crippen LogP contribution in [0.2, 0.25) is 0 Å². The van der Waals surface area contributed by atoms with E-state index in [9.17, 15) is 4.79 Å². The van der Waals surface area contributed by atoms with Gasteiger partial charge in [0.1, 0.15) is 6.10 Å². The molecule has 0 saturated carbocycles. The minimum Gasteiger partial charge on any atom is -0.376 e. The summed E-state index contributed by atoms with van der Waals surface area (Å²) in [6, 6.07) is 0. The van der Waals surface area contributed by atoms with Gasteiger partial charge < -0.3 is 9.47 Å². The van der Waals surface area contributed by atoms with Gasteiger partial charge in [-0.1, -0.05) is 6.92 Å². The van der Waals surface area contributed by atoms with Crippen LogP contribution in [0, 0.1) is 0 Å². The zero-order valence-corrected chi connectivity index (χ0v) is 12.9. The number of nitrogens with zero attached hydrogens (tertiary/aromatic N) is 2. The molecule has 1 fully saturated rings. The number of halogens is 1. The molecule has 0 amide bonds. The fraction of sp³-hybridized carbons (Fsp3) is 0.692. The van der Waals surface area contributed by atoms with Gasteiger partial charge in [0.2, 0.25) is 0 Å². The van der Waals surface area contributed by atoms with Gasteiger partial charge in [0.25, 0.3) is 0 Å². The van der Waals surface area contributed by atoms with Crippen molar-refractivity contribution < 1.29 is 14.3 Å². The van der Waals surface area contributed by atoms with E-state index in [1.54, 1.807) is 0 Å². The second kappa shape index (κ2) is 6.63. The first kappa shape index (κ1) is 14.7. The summed E-state index contributed by atoms with van der Waals surface area (Å²) in [4.78, 5) is 12.2. The van der Waals surface area contributed by atoms with Crippen molar-refractivity contribution in [2.45, 2.75) is 39.3 Å². The lowest BCUT2D eigenvalue weighted by molar-refractivity contribution is -0.144. The molecule has 1 saturated heterocycles. The molecule has 2 heterocycles. The summed E-state index contributed by atoms with van der Waals surface area (Å²) in [6.45, 7) is 6.25. The van der Waals surface area contributed by atoms with Crippen molar-refractivity contribution in [2.24, 2.45) is 0 Å². The molecule has 1 aliphatic rings. The van der Waals surface area contributed by atoms with Crippen molar-refractivity contribution in [2.75, 3.05) is 19.8 Å². The van der Waals surface area contributed by atoms with E-state index in [4.69, 9.17) is 9.47 Å². The molecular formula is C13H19BrN2O3. The van der Waals surface area contributed by atoms with Crippen LogP contribution in [-0.4, -0.2) is 41.5 Å². The Balaban J connectivity index is 2.13. The van der Waals surface area contributed by atoms with Gasteiger partial charge in [-0.05, 0) is 29.3 Å². The number of rotatable bonds is 5. The maximum absolute atomic E-state index is 12.2. The average Bonchev–Trinajstić information content (AvgIpc) is 2.76. The number of ether oxygens (including phenoxy) is 2. The number of aryl methyl sites for hydroxylation is 2. The first-order chi connectivity index (χ1) is 9.17. The van der Waals surface area contributed by atoms with E-state index in [2.05, 4.69) is 28.0 Å². The van der Waals surface area contributed by atoms with Crippen LogP contribution in [0.4, 0.5) is 0 Å². The molecule has 0 bridgehead atoms. The summed E-state index contributed by atoms with van der Waals surface area (Å²) in [6.07, 6.45) is 0.735. The maximum Gasteiger partial charge on any atom is 0.169 e.